The van der Waals surface area contributed by atoms with Crippen molar-refractivity contribution >= 4 is 5.91 Å². The minimum absolute atomic E-state index is 0.144. The molecule has 1 aromatic heterocycles. The van der Waals surface area contributed by atoms with E-state index in [0.717, 1.165) is 11.3 Å². The largest absolute Gasteiger partial charge is 0.497 e. The molecular formula is C21H30N2O4. The number of carbonyl (C=O) groups is 1. The maximum absolute atomic E-state index is 12.6. The molecule has 0 atom stereocenters. The zero-order valence-corrected chi connectivity index (χ0v) is 17.1. The summed E-state index contributed by atoms with van der Waals surface area (Å²) in [5, 5.41) is 4.16. The highest BCUT2D eigenvalue weighted by Crippen LogP contribution is 2.33. The molecule has 0 saturated heterocycles. The standard InChI is InChI=1S/C21H30N2O4/c1-14(2)9-21(24)23(12-15(3)4)13-16-10-20(27-22-16)18-8-7-17(25-5)11-19(18)26-6/h7-8,10-11,14-15H,9,12-13H2,1-6H3. The van der Waals surface area contributed by atoms with Gasteiger partial charge < -0.3 is 18.9 Å². The molecule has 0 aliphatic carbocycles. The van der Waals surface area contributed by atoms with E-state index in [1.807, 2.05) is 23.1 Å². The Morgan fingerprint density at radius 2 is 1.85 bits per heavy atom. The average Bonchev–Trinajstić information content (AvgIpc) is 3.07. The third-order valence-electron chi connectivity index (χ3n) is 4.11. The van der Waals surface area contributed by atoms with Crippen LogP contribution in [-0.4, -0.2) is 36.7 Å². The fourth-order valence-electron chi connectivity index (χ4n) is 2.88. The monoisotopic (exact) mass is 374 g/mol. The number of amides is 1. The first-order valence-corrected chi connectivity index (χ1v) is 9.29. The first-order chi connectivity index (χ1) is 12.8. The van der Waals surface area contributed by atoms with Crippen LogP contribution in [0.1, 0.15) is 39.8 Å². The van der Waals surface area contributed by atoms with Gasteiger partial charge in [-0.3, -0.25) is 4.79 Å². The summed E-state index contributed by atoms with van der Waals surface area (Å²) in [5.41, 5.74) is 1.52. The lowest BCUT2D eigenvalue weighted by Gasteiger charge is -2.24. The van der Waals surface area contributed by atoms with Gasteiger partial charge in [-0.15, -0.1) is 0 Å². The van der Waals surface area contributed by atoms with Crippen molar-refractivity contribution in [1.82, 2.24) is 10.1 Å². The molecule has 0 saturated carbocycles. The van der Waals surface area contributed by atoms with Crippen LogP contribution in [0.4, 0.5) is 0 Å². The Hall–Kier alpha value is -2.50. The molecule has 0 spiro atoms. The van der Waals surface area contributed by atoms with Gasteiger partial charge in [0.2, 0.25) is 5.91 Å². The molecule has 6 nitrogen and oxygen atoms in total. The van der Waals surface area contributed by atoms with E-state index >= 15 is 0 Å². The molecule has 0 bridgehead atoms. The van der Waals surface area contributed by atoms with Gasteiger partial charge in [0.15, 0.2) is 5.76 Å². The van der Waals surface area contributed by atoms with Gasteiger partial charge in [0, 0.05) is 25.1 Å². The molecule has 0 aliphatic rings. The topological polar surface area (TPSA) is 64.8 Å². The van der Waals surface area contributed by atoms with Crippen LogP contribution in [0.25, 0.3) is 11.3 Å². The van der Waals surface area contributed by atoms with Crippen LogP contribution in [0, 0.1) is 11.8 Å². The number of benzene rings is 1. The predicted molar refractivity (Wildman–Crippen MR) is 105 cm³/mol. The summed E-state index contributed by atoms with van der Waals surface area (Å²) in [4.78, 5) is 14.4. The molecular weight excluding hydrogens is 344 g/mol. The number of carbonyl (C=O) groups excluding carboxylic acids is 1. The Labute approximate surface area is 161 Å². The van der Waals surface area contributed by atoms with Gasteiger partial charge in [-0.25, -0.2) is 0 Å². The lowest BCUT2D eigenvalue weighted by Crippen LogP contribution is -2.34. The molecule has 0 fully saturated rings. The Morgan fingerprint density at radius 3 is 2.44 bits per heavy atom. The number of rotatable bonds is 9. The van der Waals surface area contributed by atoms with Crippen LogP contribution in [0.3, 0.4) is 0 Å². The van der Waals surface area contributed by atoms with Gasteiger partial charge >= 0.3 is 0 Å². The van der Waals surface area contributed by atoms with Gasteiger partial charge in [-0.1, -0.05) is 32.9 Å². The van der Waals surface area contributed by atoms with Crippen molar-refractivity contribution in [3.8, 4) is 22.8 Å². The van der Waals surface area contributed by atoms with E-state index in [1.165, 1.54) is 0 Å². The summed E-state index contributed by atoms with van der Waals surface area (Å²) < 4.78 is 16.2. The smallest absolute Gasteiger partial charge is 0.223 e. The quantitative estimate of drug-likeness (QED) is 0.651. The summed E-state index contributed by atoms with van der Waals surface area (Å²) in [7, 11) is 3.21. The molecule has 2 rings (SSSR count). The summed E-state index contributed by atoms with van der Waals surface area (Å²) in [6.07, 6.45) is 0.531. The minimum atomic E-state index is 0.144. The molecule has 6 heteroatoms. The predicted octanol–water partition coefficient (Wildman–Crippen LogP) is 4.39. The fourth-order valence-corrected chi connectivity index (χ4v) is 2.88. The van der Waals surface area contributed by atoms with E-state index in [-0.39, 0.29) is 5.91 Å². The van der Waals surface area contributed by atoms with Crippen molar-refractivity contribution in [2.45, 2.75) is 40.7 Å². The van der Waals surface area contributed by atoms with Gasteiger partial charge in [0.1, 0.15) is 17.2 Å². The second kappa shape index (κ2) is 9.44. The lowest BCUT2D eigenvalue weighted by atomic mass is 10.1. The minimum Gasteiger partial charge on any atom is -0.497 e. The molecule has 0 N–H and O–H groups in total. The third kappa shape index (κ3) is 5.74. The first kappa shape index (κ1) is 20.8. The number of methoxy groups -OCH3 is 2. The van der Waals surface area contributed by atoms with Crippen molar-refractivity contribution in [2.24, 2.45) is 11.8 Å². The molecule has 148 valence electrons. The summed E-state index contributed by atoms with van der Waals surface area (Å²) in [6.45, 7) is 9.44. The molecule has 0 unspecified atom stereocenters. The van der Waals surface area contributed by atoms with Crippen LogP contribution in [0.15, 0.2) is 28.8 Å². The fraction of sp³-hybridized carbons (Fsp3) is 0.524. The average molecular weight is 374 g/mol. The van der Waals surface area contributed by atoms with Crippen LogP contribution >= 0.6 is 0 Å². The van der Waals surface area contributed by atoms with E-state index in [4.69, 9.17) is 14.0 Å². The second-order valence-corrected chi connectivity index (χ2v) is 7.51. The molecule has 2 aromatic rings. The molecule has 1 heterocycles. The van der Waals surface area contributed by atoms with Crippen LogP contribution in [0.2, 0.25) is 0 Å². The van der Waals surface area contributed by atoms with E-state index < -0.39 is 0 Å². The Morgan fingerprint density at radius 1 is 1.11 bits per heavy atom. The zero-order chi connectivity index (χ0) is 20.0. The third-order valence-corrected chi connectivity index (χ3v) is 4.11. The van der Waals surface area contributed by atoms with Crippen LogP contribution < -0.4 is 9.47 Å². The van der Waals surface area contributed by atoms with E-state index in [0.29, 0.717) is 48.6 Å². The summed E-state index contributed by atoms with van der Waals surface area (Å²) >= 11 is 0. The van der Waals surface area contributed by atoms with Crippen LogP contribution in [-0.2, 0) is 11.3 Å². The number of hydrogen-bond donors (Lipinski definition) is 0. The number of hydrogen-bond acceptors (Lipinski definition) is 5. The van der Waals surface area contributed by atoms with Gasteiger partial charge in [-0.05, 0) is 24.0 Å². The second-order valence-electron chi connectivity index (χ2n) is 7.51. The molecule has 1 amide bonds. The number of nitrogens with zero attached hydrogens (tertiary/aromatic N) is 2. The van der Waals surface area contributed by atoms with Gasteiger partial charge in [0.25, 0.3) is 0 Å². The molecule has 0 aliphatic heterocycles. The molecule has 0 radical (unpaired) electrons. The van der Waals surface area contributed by atoms with E-state index in [1.54, 1.807) is 20.3 Å². The van der Waals surface area contributed by atoms with Gasteiger partial charge in [-0.2, -0.15) is 0 Å². The SMILES string of the molecule is COc1ccc(-c2cc(CN(CC(C)C)C(=O)CC(C)C)no2)c(OC)c1. The highest BCUT2D eigenvalue weighted by molar-refractivity contribution is 5.76. The number of aromatic nitrogens is 1. The van der Waals surface area contributed by atoms with E-state index in [9.17, 15) is 4.79 Å². The Balaban J connectivity index is 2.21. The summed E-state index contributed by atoms with van der Waals surface area (Å²) in [6, 6.07) is 7.38. The Kier molecular flexibility index (Phi) is 7.28. The van der Waals surface area contributed by atoms with Crippen LogP contribution in [0.5, 0.6) is 11.5 Å². The van der Waals surface area contributed by atoms with Crippen molar-refractivity contribution in [3.05, 3.63) is 30.0 Å². The van der Waals surface area contributed by atoms with Gasteiger partial charge in [0.05, 0.1) is 26.3 Å². The lowest BCUT2D eigenvalue weighted by molar-refractivity contribution is -0.133. The molecule has 1 aromatic carbocycles. The first-order valence-electron chi connectivity index (χ1n) is 9.29. The van der Waals surface area contributed by atoms with Crippen molar-refractivity contribution < 1.29 is 18.8 Å². The highest BCUT2D eigenvalue weighted by Gasteiger charge is 2.19. The van der Waals surface area contributed by atoms with Crippen molar-refractivity contribution in [1.29, 1.82) is 0 Å². The zero-order valence-electron chi connectivity index (χ0n) is 17.1. The van der Waals surface area contributed by atoms with E-state index in [2.05, 4.69) is 32.9 Å². The summed E-state index contributed by atoms with van der Waals surface area (Å²) in [5.74, 6) is 2.80. The van der Waals surface area contributed by atoms with Crippen molar-refractivity contribution in [3.63, 3.8) is 0 Å². The maximum atomic E-state index is 12.6. The molecule has 27 heavy (non-hydrogen) atoms. The normalized spacial score (nSPS) is 11.1. The maximum Gasteiger partial charge on any atom is 0.223 e. The van der Waals surface area contributed by atoms with Crippen molar-refractivity contribution in [2.75, 3.05) is 20.8 Å². The highest BCUT2D eigenvalue weighted by atomic mass is 16.5. The Bertz CT molecular complexity index is 752. The number of ether oxygens (including phenoxy) is 2.